The number of aldehydes is 1. The zero-order chi connectivity index (χ0) is 54.3. The molecule has 5 aliphatic heterocycles. The van der Waals surface area contributed by atoms with E-state index in [9.17, 15) is 106 Å². The molecule has 33 nitrogen and oxygen atoms in total. The van der Waals surface area contributed by atoms with Crippen molar-refractivity contribution in [1.82, 2.24) is 10.6 Å². The zero-order valence-corrected chi connectivity index (χ0v) is 38.9. The van der Waals surface area contributed by atoms with E-state index < -0.39 is 229 Å². The van der Waals surface area contributed by atoms with Gasteiger partial charge in [-0.05, 0) is 0 Å². The van der Waals surface area contributed by atoms with Crippen molar-refractivity contribution in [2.45, 2.75) is 192 Å². The largest absolute Gasteiger partial charge is 0.394 e. The molecule has 20 N–H and O–H groups in total. The molecule has 0 bridgehead atoms. The highest BCUT2D eigenvalue weighted by Gasteiger charge is 2.57. The lowest BCUT2D eigenvalue weighted by molar-refractivity contribution is -0.376. The van der Waals surface area contributed by atoms with Gasteiger partial charge >= 0.3 is 0 Å². The Balaban J connectivity index is 1.48. The summed E-state index contributed by atoms with van der Waals surface area (Å²) >= 11 is 0. The van der Waals surface area contributed by atoms with Crippen LogP contribution in [0.4, 0.5) is 0 Å². The van der Waals surface area contributed by atoms with Crippen molar-refractivity contribution >= 4 is 18.1 Å². The van der Waals surface area contributed by atoms with E-state index in [2.05, 4.69) is 10.6 Å². The van der Waals surface area contributed by atoms with Crippen LogP contribution in [-0.2, 0) is 61.8 Å². The molecule has 5 heterocycles. The fraction of sp³-hybridized carbons (Fsp3) is 0.925. The zero-order valence-electron chi connectivity index (χ0n) is 38.9. The molecule has 5 aliphatic rings. The van der Waals surface area contributed by atoms with Crippen molar-refractivity contribution in [2.75, 3.05) is 39.6 Å². The van der Waals surface area contributed by atoms with Crippen molar-refractivity contribution < 1.29 is 154 Å². The number of hydrogen-bond acceptors (Lipinski definition) is 31. The fourth-order valence-corrected chi connectivity index (χ4v) is 8.76. The predicted octanol–water partition coefficient (Wildman–Crippen LogP) is -14.0. The maximum atomic E-state index is 12.7. The van der Waals surface area contributed by atoms with Gasteiger partial charge in [0.05, 0.1) is 39.6 Å². The van der Waals surface area contributed by atoms with Crippen molar-refractivity contribution in [3.63, 3.8) is 0 Å². The smallest absolute Gasteiger partial charge is 0.217 e. The topological polar surface area (TPSA) is 532 Å². The lowest BCUT2D eigenvalue weighted by Crippen LogP contribution is -2.70. The Kier molecular flexibility index (Phi) is 22.8. The van der Waals surface area contributed by atoms with Crippen LogP contribution >= 0.6 is 0 Å². The number of amides is 2. The minimum Gasteiger partial charge on any atom is -0.394 e. The Hall–Kier alpha value is -2.51. The minimum absolute atomic E-state index is 0.171. The summed E-state index contributed by atoms with van der Waals surface area (Å²) in [5.41, 5.74) is 0. The minimum atomic E-state index is -2.37. The average Bonchev–Trinajstić information content (AvgIpc) is 3.36. The van der Waals surface area contributed by atoms with Gasteiger partial charge in [0.15, 0.2) is 37.7 Å². The van der Waals surface area contributed by atoms with E-state index in [0.29, 0.717) is 0 Å². The van der Waals surface area contributed by atoms with E-state index in [1.165, 1.54) is 0 Å². The highest BCUT2D eigenvalue weighted by molar-refractivity contribution is 5.73. The molecule has 73 heavy (non-hydrogen) atoms. The lowest BCUT2D eigenvalue weighted by atomic mass is 9.94. The van der Waals surface area contributed by atoms with Crippen LogP contribution in [-0.4, -0.2) is 327 Å². The Labute approximate surface area is 413 Å². The second kappa shape index (κ2) is 27.2. The second-order valence-corrected chi connectivity index (χ2v) is 17.9. The van der Waals surface area contributed by atoms with E-state index in [1.807, 2.05) is 0 Å². The predicted molar refractivity (Wildman–Crippen MR) is 224 cm³/mol. The molecule has 29 atom stereocenters. The molecule has 0 aromatic heterocycles. The number of rotatable bonds is 22. The van der Waals surface area contributed by atoms with Gasteiger partial charge in [-0.3, -0.25) is 9.59 Å². The van der Waals surface area contributed by atoms with Gasteiger partial charge in [-0.2, -0.15) is 0 Å². The van der Waals surface area contributed by atoms with Crippen molar-refractivity contribution in [3.8, 4) is 0 Å². The monoisotopic (exact) mass is 1070 g/mol. The first-order valence-corrected chi connectivity index (χ1v) is 22.9. The summed E-state index contributed by atoms with van der Waals surface area (Å²) in [6.07, 6.45) is -53.8. The highest BCUT2D eigenvalue weighted by Crippen LogP contribution is 2.35. The molecule has 5 saturated heterocycles. The summed E-state index contributed by atoms with van der Waals surface area (Å²) in [5, 5.41) is 195. The van der Waals surface area contributed by atoms with Crippen LogP contribution in [0.15, 0.2) is 0 Å². The third kappa shape index (κ3) is 14.0. The fourth-order valence-electron chi connectivity index (χ4n) is 8.76. The molecule has 5 rings (SSSR count). The van der Waals surface area contributed by atoms with Crippen LogP contribution in [0.3, 0.4) is 0 Å². The summed E-state index contributed by atoms with van der Waals surface area (Å²) in [7, 11) is 0. The van der Waals surface area contributed by atoms with Crippen LogP contribution in [0, 0.1) is 0 Å². The van der Waals surface area contributed by atoms with Crippen LogP contribution in [0.1, 0.15) is 13.8 Å². The molecule has 0 saturated carbocycles. The summed E-state index contributed by atoms with van der Waals surface area (Å²) in [4.78, 5) is 36.6. The Morgan fingerprint density at radius 1 is 0.493 bits per heavy atom. The quantitative estimate of drug-likeness (QED) is 0.0448. The van der Waals surface area contributed by atoms with Gasteiger partial charge in [0, 0.05) is 13.8 Å². The molecule has 0 aromatic rings. The van der Waals surface area contributed by atoms with Gasteiger partial charge in [0.2, 0.25) is 11.8 Å². The van der Waals surface area contributed by atoms with Gasteiger partial charge in [-0.25, -0.2) is 0 Å². The molecule has 0 aromatic carbocycles. The van der Waals surface area contributed by atoms with Gasteiger partial charge in [0.25, 0.3) is 0 Å². The average molecular weight is 1070 g/mol. The van der Waals surface area contributed by atoms with Gasteiger partial charge in [0.1, 0.15) is 146 Å². The Morgan fingerprint density at radius 2 is 0.932 bits per heavy atom. The first-order chi connectivity index (χ1) is 34.5. The van der Waals surface area contributed by atoms with Gasteiger partial charge in [-0.15, -0.1) is 0 Å². The number of aliphatic hydroxyl groups is 18. The number of carbonyl (C=O) groups excluding carboxylic acids is 3. The maximum absolute atomic E-state index is 12.7. The van der Waals surface area contributed by atoms with Crippen molar-refractivity contribution in [3.05, 3.63) is 0 Å². The normalized spacial score (nSPS) is 45.1. The van der Waals surface area contributed by atoms with E-state index in [1.54, 1.807) is 0 Å². The second-order valence-electron chi connectivity index (χ2n) is 17.9. The first-order valence-electron chi connectivity index (χ1n) is 22.9. The molecular formula is C40H68N2O31. The molecule has 33 heteroatoms. The van der Waals surface area contributed by atoms with Crippen molar-refractivity contribution in [1.29, 1.82) is 0 Å². The molecule has 5 fully saturated rings. The third-order valence-corrected chi connectivity index (χ3v) is 12.8. The lowest BCUT2D eigenvalue weighted by Gasteiger charge is -2.50. The molecule has 0 spiro atoms. The van der Waals surface area contributed by atoms with Crippen LogP contribution < -0.4 is 10.6 Å². The number of aliphatic hydroxyl groups excluding tert-OH is 18. The van der Waals surface area contributed by atoms with Crippen molar-refractivity contribution in [2.24, 2.45) is 0 Å². The molecule has 0 aliphatic carbocycles. The van der Waals surface area contributed by atoms with E-state index in [-0.39, 0.29) is 6.29 Å². The number of nitrogens with one attached hydrogen (secondary N) is 2. The number of carbonyl (C=O) groups is 3. The first kappa shape index (κ1) is 61.3. The van der Waals surface area contributed by atoms with Gasteiger partial charge in [-0.1, -0.05) is 0 Å². The summed E-state index contributed by atoms with van der Waals surface area (Å²) in [5.74, 6) is -1.73. The SMILES string of the molecule is CC(=O)N[C@H]1[C@H](O[C@@H]2[C@@H](O)[C@H](O[C@@H]([C@H](O)[C@@H](O)C=O)[C@H](O)CO)OC(CO[C@@H]3O[C@H](CO)C(O[C@@H]4O[C@H](CO)[C@H](O)[C@H](O)[C@H]4O)[C@H](O)[C@H]3NC(C)=O)[C@@H]2O)O[C@H](CO)[C@@H](O)[C@@H]1O[C@@H]1O[C@H](CO)[C@H](O)[C@H](O)[C@H]1O. The Morgan fingerprint density at radius 3 is 1.42 bits per heavy atom. The van der Waals surface area contributed by atoms with Gasteiger partial charge < -0.3 is 155 Å². The molecule has 2 amide bonds. The van der Waals surface area contributed by atoms with Crippen LogP contribution in [0.25, 0.3) is 0 Å². The molecule has 424 valence electrons. The number of ether oxygens (including phenoxy) is 10. The highest BCUT2D eigenvalue weighted by atomic mass is 16.8. The van der Waals surface area contributed by atoms with E-state index in [4.69, 9.17) is 47.4 Å². The maximum Gasteiger partial charge on any atom is 0.217 e. The van der Waals surface area contributed by atoms with Crippen LogP contribution in [0.2, 0.25) is 0 Å². The third-order valence-electron chi connectivity index (χ3n) is 12.8. The standard InChI is InChI=1S/C40H68N2O31/c1-10(49)41-19-26(58)33(71-38-29(61)27(59)22(54)14(5-45)66-38)17(8-48)68-36(19)64-9-18-25(57)35(31(63)40(69-18)70-32(13(52)4-44)21(53)12(51)3-43)73-37-20(42-11(2)50)34(24(56)16(7-47)65-37)72-39-30(62)28(60)23(55)15(6-46)67-39/h3,12-40,44-48,51-63H,4-9H2,1-2H3,(H,41,49)(H,42,50)/t12-,13+,14+,15+,16+,17+,18?,19+,20+,21+,22-,23-,24+,25-,26+,27-,28-,29+,30+,31+,32+,33?,34+,35-,36+,37-,38-,39-,40-/m0/s1. The molecule has 0 radical (unpaired) electrons. The van der Waals surface area contributed by atoms with Crippen LogP contribution in [0.5, 0.6) is 0 Å². The summed E-state index contributed by atoms with van der Waals surface area (Å²) in [6.45, 7) is -4.07. The molecular weight excluding hydrogens is 1000 g/mol. The summed E-state index contributed by atoms with van der Waals surface area (Å²) < 4.78 is 57.2. The molecule has 2 unspecified atom stereocenters. The Bertz CT molecular complexity index is 1730. The van der Waals surface area contributed by atoms with E-state index >= 15 is 0 Å². The summed E-state index contributed by atoms with van der Waals surface area (Å²) in [6, 6.07) is -3.53. The van der Waals surface area contributed by atoms with E-state index in [0.717, 1.165) is 13.8 Å². The number of hydrogen-bond donors (Lipinski definition) is 20.